The van der Waals surface area contributed by atoms with Gasteiger partial charge < -0.3 is 14.1 Å². The van der Waals surface area contributed by atoms with Crippen LogP contribution in [0.15, 0.2) is 36.8 Å². The summed E-state index contributed by atoms with van der Waals surface area (Å²) in [6, 6.07) is 9.21. The first-order valence-corrected chi connectivity index (χ1v) is 12.1. The van der Waals surface area contributed by atoms with E-state index in [-0.39, 0.29) is 11.5 Å². The molecule has 2 unspecified atom stereocenters. The molecule has 0 spiro atoms. The van der Waals surface area contributed by atoms with Crippen LogP contribution >= 0.6 is 0 Å². The molecule has 27 heavy (non-hydrogen) atoms. The molecule has 0 saturated heterocycles. The molecule has 1 heterocycles. The summed E-state index contributed by atoms with van der Waals surface area (Å²) in [5.74, 6) is 0. The molecule has 0 bridgehead atoms. The van der Waals surface area contributed by atoms with Gasteiger partial charge in [-0.1, -0.05) is 39.0 Å². The molecule has 1 aromatic heterocycles. The normalized spacial score (nSPS) is 14.8. The van der Waals surface area contributed by atoms with Crippen molar-refractivity contribution in [2.24, 2.45) is 5.41 Å². The molecule has 5 nitrogen and oxygen atoms in total. The molecule has 0 amide bonds. The van der Waals surface area contributed by atoms with Crippen molar-refractivity contribution in [1.82, 2.24) is 9.55 Å². The molecule has 146 valence electrons. The van der Waals surface area contributed by atoms with E-state index in [1.54, 1.807) is 26.2 Å². The number of aliphatic hydroxyl groups is 1. The standard InChI is InChI=1S/C21H31N3O2Si/c1-20(2,3)19(26-27(6)7)17-13-23-14-24(17)18(21(4,5)25)16-11-9-8-10-15(16)12-22/h8-11,13-14,18-19,25,27H,1-7H3. The zero-order valence-electron chi connectivity index (χ0n) is 17.4. The highest BCUT2D eigenvalue weighted by molar-refractivity contribution is 6.48. The lowest BCUT2D eigenvalue weighted by atomic mass is 9.85. The van der Waals surface area contributed by atoms with Crippen LogP contribution in [0.25, 0.3) is 0 Å². The van der Waals surface area contributed by atoms with Gasteiger partial charge in [0.25, 0.3) is 0 Å². The van der Waals surface area contributed by atoms with Gasteiger partial charge in [0.05, 0.1) is 47.6 Å². The molecule has 0 fully saturated rings. The van der Waals surface area contributed by atoms with E-state index in [4.69, 9.17) is 4.43 Å². The van der Waals surface area contributed by atoms with Gasteiger partial charge in [0.1, 0.15) is 0 Å². The molecular formula is C21H31N3O2Si. The molecule has 0 radical (unpaired) electrons. The van der Waals surface area contributed by atoms with Crippen molar-refractivity contribution in [3.63, 3.8) is 0 Å². The summed E-state index contributed by atoms with van der Waals surface area (Å²) in [5, 5.41) is 20.6. The maximum absolute atomic E-state index is 11.0. The fraction of sp³-hybridized carbons (Fsp3) is 0.524. The third-order valence-electron chi connectivity index (χ3n) is 4.48. The first-order valence-electron chi connectivity index (χ1n) is 9.35. The SMILES string of the molecule is C[SiH](C)OC(c1cncn1C(c1ccccc1C#N)C(C)(C)O)C(C)(C)C. The number of benzene rings is 1. The summed E-state index contributed by atoms with van der Waals surface area (Å²) in [6.07, 6.45) is 3.40. The Balaban J connectivity index is 2.67. The zero-order chi connectivity index (χ0) is 20.4. The van der Waals surface area contributed by atoms with Crippen LogP contribution < -0.4 is 0 Å². The fourth-order valence-electron chi connectivity index (χ4n) is 3.43. The van der Waals surface area contributed by atoms with Crippen LogP contribution in [-0.4, -0.2) is 29.3 Å². The number of nitriles is 1. The van der Waals surface area contributed by atoms with Crippen molar-refractivity contribution >= 4 is 9.04 Å². The van der Waals surface area contributed by atoms with E-state index in [0.29, 0.717) is 5.56 Å². The number of rotatable bonds is 6. The van der Waals surface area contributed by atoms with Gasteiger partial charge in [-0.2, -0.15) is 5.26 Å². The molecule has 1 aromatic carbocycles. The van der Waals surface area contributed by atoms with Gasteiger partial charge in [-0.3, -0.25) is 0 Å². The third-order valence-corrected chi connectivity index (χ3v) is 5.30. The summed E-state index contributed by atoms with van der Waals surface area (Å²) in [5.41, 5.74) is 1.02. The highest BCUT2D eigenvalue weighted by Crippen LogP contribution is 2.40. The monoisotopic (exact) mass is 385 g/mol. The minimum atomic E-state index is -1.31. The lowest BCUT2D eigenvalue weighted by Gasteiger charge is -2.37. The summed E-state index contributed by atoms with van der Waals surface area (Å²) in [7, 11) is -1.31. The van der Waals surface area contributed by atoms with E-state index in [1.165, 1.54) is 0 Å². The van der Waals surface area contributed by atoms with Crippen molar-refractivity contribution in [2.75, 3.05) is 0 Å². The molecular weight excluding hydrogens is 354 g/mol. The smallest absolute Gasteiger partial charge is 0.171 e. The van der Waals surface area contributed by atoms with Crippen LogP contribution in [0, 0.1) is 16.7 Å². The van der Waals surface area contributed by atoms with E-state index < -0.39 is 20.7 Å². The highest BCUT2D eigenvalue weighted by Gasteiger charge is 2.37. The van der Waals surface area contributed by atoms with Crippen LogP contribution in [0.4, 0.5) is 0 Å². The van der Waals surface area contributed by atoms with E-state index in [2.05, 4.69) is 44.9 Å². The van der Waals surface area contributed by atoms with Gasteiger partial charge in [-0.05, 0) is 44.0 Å². The van der Waals surface area contributed by atoms with Gasteiger partial charge in [0.15, 0.2) is 9.04 Å². The predicted molar refractivity (Wildman–Crippen MR) is 110 cm³/mol. The van der Waals surface area contributed by atoms with Crippen molar-refractivity contribution in [3.05, 3.63) is 53.6 Å². The molecule has 0 saturated carbocycles. The Morgan fingerprint density at radius 3 is 2.33 bits per heavy atom. The summed E-state index contributed by atoms with van der Waals surface area (Å²) in [4.78, 5) is 4.38. The number of hydrogen-bond donors (Lipinski definition) is 1. The summed E-state index contributed by atoms with van der Waals surface area (Å²) >= 11 is 0. The minimum absolute atomic E-state index is 0.131. The maximum atomic E-state index is 11.0. The first-order chi connectivity index (χ1) is 12.5. The lowest BCUT2D eigenvalue weighted by molar-refractivity contribution is 0.0290. The topological polar surface area (TPSA) is 71.1 Å². The Morgan fingerprint density at radius 1 is 1.19 bits per heavy atom. The van der Waals surface area contributed by atoms with Crippen molar-refractivity contribution in [1.29, 1.82) is 5.26 Å². The Hall–Kier alpha value is -1.94. The van der Waals surface area contributed by atoms with Crippen LogP contribution in [0.1, 0.15) is 63.6 Å². The van der Waals surface area contributed by atoms with Crippen LogP contribution in [0.5, 0.6) is 0 Å². The van der Waals surface area contributed by atoms with Gasteiger partial charge in [-0.15, -0.1) is 0 Å². The summed E-state index contributed by atoms with van der Waals surface area (Å²) < 4.78 is 8.36. The predicted octanol–water partition coefficient (Wildman–Crippen LogP) is 4.20. The van der Waals surface area contributed by atoms with Crippen molar-refractivity contribution in [3.8, 4) is 6.07 Å². The first kappa shape index (κ1) is 21.4. The number of hydrogen-bond acceptors (Lipinski definition) is 4. The molecule has 2 rings (SSSR count). The largest absolute Gasteiger partial charge is 0.412 e. The Kier molecular flexibility index (Phi) is 6.30. The molecule has 1 N–H and O–H groups in total. The van der Waals surface area contributed by atoms with E-state index in [1.807, 2.05) is 29.0 Å². The second-order valence-electron chi connectivity index (χ2n) is 8.91. The van der Waals surface area contributed by atoms with Gasteiger partial charge in [0, 0.05) is 0 Å². The lowest BCUT2D eigenvalue weighted by Crippen LogP contribution is -2.37. The average Bonchev–Trinajstić information content (AvgIpc) is 2.99. The van der Waals surface area contributed by atoms with E-state index in [0.717, 1.165) is 11.3 Å². The van der Waals surface area contributed by atoms with Crippen LogP contribution in [0.2, 0.25) is 13.1 Å². The number of imidazole rings is 1. The van der Waals surface area contributed by atoms with Gasteiger partial charge >= 0.3 is 0 Å². The van der Waals surface area contributed by atoms with E-state index in [9.17, 15) is 10.4 Å². The molecule has 2 atom stereocenters. The minimum Gasteiger partial charge on any atom is -0.412 e. The highest BCUT2D eigenvalue weighted by atomic mass is 28.3. The second kappa shape index (κ2) is 7.97. The number of nitrogens with zero attached hydrogens (tertiary/aromatic N) is 3. The molecule has 0 aliphatic rings. The van der Waals surface area contributed by atoms with Gasteiger partial charge in [0.2, 0.25) is 0 Å². The third kappa shape index (κ3) is 4.86. The number of aromatic nitrogens is 2. The quantitative estimate of drug-likeness (QED) is 0.757. The fourth-order valence-corrected chi connectivity index (χ4v) is 4.52. The molecule has 0 aliphatic carbocycles. The average molecular weight is 386 g/mol. The molecule has 2 aromatic rings. The summed E-state index contributed by atoms with van der Waals surface area (Å²) in [6.45, 7) is 14.3. The van der Waals surface area contributed by atoms with E-state index >= 15 is 0 Å². The maximum Gasteiger partial charge on any atom is 0.171 e. The van der Waals surface area contributed by atoms with Crippen molar-refractivity contribution < 1.29 is 9.53 Å². The van der Waals surface area contributed by atoms with Crippen molar-refractivity contribution in [2.45, 2.75) is 65.5 Å². The Bertz CT molecular complexity index is 810. The van der Waals surface area contributed by atoms with Crippen LogP contribution in [0.3, 0.4) is 0 Å². The Morgan fingerprint density at radius 2 is 1.81 bits per heavy atom. The molecule has 6 heteroatoms. The zero-order valence-corrected chi connectivity index (χ0v) is 18.5. The van der Waals surface area contributed by atoms with Gasteiger partial charge in [-0.25, -0.2) is 4.98 Å². The second-order valence-corrected chi connectivity index (χ2v) is 11.3. The van der Waals surface area contributed by atoms with Crippen LogP contribution in [-0.2, 0) is 4.43 Å². The Labute approximate surface area is 164 Å². The molecule has 0 aliphatic heterocycles.